The van der Waals surface area contributed by atoms with E-state index < -0.39 is 0 Å². The van der Waals surface area contributed by atoms with E-state index in [-0.39, 0.29) is 12.5 Å². The van der Waals surface area contributed by atoms with Gasteiger partial charge in [-0.1, -0.05) is 17.7 Å². The van der Waals surface area contributed by atoms with Crippen LogP contribution >= 0.6 is 11.8 Å². The zero-order valence-electron chi connectivity index (χ0n) is 13.4. The monoisotopic (exact) mass is 315 g/mol. The Hall–Kier alpha value is -1.94. The zero-order chi connectivity index (χ0) is 16.1. The molecule has 1 amide bonds. The quantitative estimate of drug-likeness (QED) is 0.834. The molecule has 0 aliphatic rings. The van der Waals surface area contributed by atoms with Crippen molar-refractivity contribution in [2.45, 2.75) is 25.7 Å². The average Bonchev–Trinajstić information content (AvgIpc) is 2.47. The normalized spacial score (nSPS) is 10.4. The first-order valence-corrected chi connectivity index (χ1v) is 8.36. The van der Waals surface area contributed by atoms with Crippen LogP contribution in [0.2, 0.25) is 0 Å². The molecule has 116 valence electrons. The van der Waals surface area contributed by atoms with Crippen LogP contribution < -0.4 is 10.1 Å². The third kappa shape index (κ3) is 4.28. The number of benzene rings is 2. The predicted octanol–water partition coefficient (Wildman–Crippen LogP) is 4.35. The largest absolute Gasteiger partial charge is 0.483 e. The number of thioether (sulfide) groups is 1. The lowest BCUT2D eigenvalue weighted by Gasteiger charge is -2.13. The van der Waals surface area contributed by atoms with E-state index in [9.17, 15) is 4.79 Å². The lowest BCUT2D eigenvalue weighted by atomic mass is 10.1. The molecule has 0 aliphatic heterocycles. The second-order valence-corrected chi connectivity index (χ2v) is 6.17. The zero-order valence-corrected chi connectivity index (χ0v) is 14.2. The van der Waals surface area contributed by atoms with Crippen molar-refractivity contribution in [3.05, 3.63) is 53.1 Å². The van der Waals surface area contributed by atoms with Gasteiger partial charge in [0.25, 0.3) is 5.91 Å². The van der Waals surface area contributed by atoms with E-state index in [2.05, 4.69) is 24.4 Å². The van der Waals surface area contributed by atoms with Crippen LogP contribution in [0.3, 0.4) is 0 Å². The molecule has 2 aromatic rings. The van der Waals surface area contributed by atoms with Gasteiger partial charge in [-0.05, 0) is 62.4 Å². The summed E-state index contributed by atoms with van der Waals surface area (Å²) in [7, 11) is 0. The van der Waals surface area contributed by atoms with E-state index in [1.807, 2.05) is 44.4 Å². The molecule has 0 fully saturated rings. The minimum atomic E-state index is -0.156. The molecular weight excluding hydrogens is 294 g/mol. The Morgan fingerprint density at radius 1 is 1.09 bits per heavy atom. The molecule has 0 saturated carbocycles. The number of nitrogens with one attached hydrogen (secondary N) is 1. The van der Waals surface area contributed by atoms with Crippen LogP contribution in [-0.4, -0.2) is 18.8 Å². The maximum Gasteiger partial charge on any atom is 0.262 e. The Labute approximate surface area is 136 Å². The summed E-state index contributed by atoms with van der Waals surface area (Å²) in [6.07, 6.45) is 2.02. The summed E-state index contributed by atoms with van der Waals surface area (Å²) >= 11 is 1.67. The van der Waals surface area contributed by atoms with Gasteiger partial charge in [0.15, 0.2) is 6.61 Å². The number of anilines is 1. The highest BCUT2D eigenvalue weighted by atomic mass is 32.2. The first-order chi connectivity index (χ1) is 10.5. The lowest BCUT2D eigenvalue weighted by Crippen LogP contribution is -2.20. The van der Waals surface area contributed by atoms with Crippen LogP contribution in [0.1, 0.15) is 16.7 Å². The topological polar surface area (TPSA) is 38.3 Å². The molecule has 0 saturated heterocycles. The molecule has 1 N–H and O–H groups in total. The van der Waals surface area contributed by atoms with E-state index in [1.54, 1.807) is 11.8 Å². The third-order valence-corrected chi connectivity index (χ3v) is 4.07. The maximum absolute atomic E-state index is 12.0. The third-order valence-electron chi connectivity index (χ3n) is 3.33. The summed E-state index contributed by atoms with van der Waals surface area (Å²) in [5.41, 5.74) is 4.08. The van der Waals surface area contributed by atoms with Crippen LogP contribution in [0, 0.1) is 20.8 Å². The van der Waals surface area contributed by atoms with Crippen molar-refractivity contribution in [1.29, 1.82) is 0 Å². The molecule has 0 spiro atoms. The molecule has 0 atom stereocenters. The number of hydrogen-bond donors (Lipinski definition) is 1. The molecule has 0 radical (unpaired) electrons. The number of hydrogen-bond acceptors (Lipinski definition) is 3. The Bertz CT molecular complexity index is 642. The summed E-state index contributed by atoms with van der Waals surface area (Å²) < 4.78 is 5.69. The molecular formula is C18H21NO2S. The summed E-state index contributed by atoms with van der Waals surface area (Å²) in [6, 6.07) is 11.9. The number of rotatable bonds is 5. The first kappa shape index (κ1) is 16.4. The maximum atomic E-state index is 12.0. The van der Waals surface area contributed by atoms with Gasteiger partial charge in [-0.2, -0.15) is 0 Å². The van der Waals surface area contributed by atoms with Gasteiger partial charge in [0, 0.05) is 10.6 Å². The van der Waals surface area contributed by atoms with Crippen LogP contribution in [0.4, 0.5) is 5.69 Å². The molecule has 3 nitrogen and oxygen atoms in total. The fraction of sp³-hybridized carbons (Fsp3) is 0.278. The molecule has 4 heteroatoms. The van der Waals surface area contributed by atoms with Gasteiger partial charge < -0.3 is 10.1 Å². The fourth-order valence-electron chi connectivity index (χ4n) is 2.40. The number of aryl methyl sites for hydroxylation is 3. The highest BCUT2D eigenvalue weighted by Crippen LogP contribution is 2.24. The molecule has 2 aromatic carbocycles. The summed E-state index contributed by atoms with van der Waals surface area (Å²) in [4.78, 5) is 13.2. The van der Waals surface area contributed by atoms with Gasteiger partial charge in [-0.25, -0.2) is 0 Å². The first-order valence-electron chi connectivity index (χ1n) is 7.14. The summed E-state index contributed by atoms with van der Waals surface area (Å²) in [6.45, 7) is 6.05. The Kier molecular flexibility index (Phi) is 5.50. The molecule has 22 heavy (non-hydrogen) atoms. The summed E-state index contributed by atoms with van der Waals surface area (Å²) in [5.74, 6) is 0.634. The van der Waals surface area contributed by atoms with Gasteiger partial charge in [-0.15, -0.1) is 11.8 Å². The number of carbonyl (C=O) groups excluding carboxylic acids is 1. The smallest absolute Gasteiger partial charge is 0.262 e. The van der Waals surface area contributed by atoms with Crippen molar-refractivity contribution in [3.8, 4) is 5.75 Å². The number of ether oxygens (including phenoxy) is 1. The van der Waals surface area contributed by atoms with E-state index in [0.29, 0.717) is 0 Å². The highest BCUT2D eigenvalue weighted by molar-refractivity contribution is 7.98. The highest BCUT2D eigenvalue weighted by Gasteiger charge is 2.08. The van der Waals surface area contributed by atoms with Gasteiger partial charge >= 0.3 is 0 Å². The molecule has 0 bridgehead atoms. The Morgan fingerprint density at radius 2 is 1.68 bits per heavy atom. The predicted molar refractivity (Wildman–Crippen MR) is 93.0 cm³/mol. The van der Waals surface area contributed by atoms with Crippen molar-refractivity contribution >= 4 is 23.4 Å². The van der Waals surface area contributed by atoms with Gasteiger partial charge in [-0.3, -0.25) is 4.79 Å². The van der Waals surface area contributed by atoms with Gasteiger partial charge in [0.1, 0.15) is 5.75 Å². The van der Waals surface area contributed by atoms with E-state index in [0.717, 1.165) is 22.6 Å². The molecule has 2 rings (SSSR count). The molecule has 0 heterocycles. The van der Waals surface area contributed by atoms with Crippen LogP contribution in [-0.2, 0) is 4.79 Å². The van der Waals surface area contributed by atoms with E-state index in [4.69, 9.17) is 4.74 Å². The fourth-order valence-corrected chi connectivity index (χ4v) is 2.81. The van der Waals surface area contributed by atoms with Crippen molar-refractivity contribution in [2.24, 2.45) is 0 Å². The second kappa shape index (κ2) is 7.36. The van der Waals surface area contributed by atoms with Crippen molar-refractivity contribution in [3.63, 3.8) is 0 Å². The second-order valence-electron chi connectivity index (χ2n) is 5.29. The van der Waals surface area contributed by atoms with Gasteiger partial charge in [0.2, 0.25) is 0 Å². The molecule has 0 aliphatic carbocycles. The Balaban J connectivity index is 1.95. The van der Waals surface area contributed by atoms with Crippen LogP contribution in [0.5, 0.6) is 5.75 Å². The van der Waals surface area contributed by atoms with E-state index in [1.165, 1.54) is 10.5 Å². The van der Waals surface area contributed by atoms with E-state index >= 15 is 0 Å². The number of carbonyl (C=O) groups is 1. The lowest BCUT2D eigenvalue weighted by molar-refractivity contribution is -0.118. The SMILES string of the molecule is CSc1ccc(NC(=O)COc2c(C)cc(C)cc2C)cc1. The van der Waals surface area contributed by atoms with Crippen molar-refractivity contribution in [1.82, 2.24) is 0 Å². The van der Waals surface area contributed by atoms with Crippen molar-refractivity contribution < 1.29 is 9.53 Å². The van der Waals surface area contributed by atoms with Gasteiger partial charge in [0.05, 0.1) is 0 Å². The number of amides is 1. The van der Waals surface area contributed by atoms with Crippen LogP contribution in [0.25, 0.3) is 0 Å². The molecule has 0 unspecified atom stereocenters. The minimum Gasteiger partial charge on any atom is -0.483 e. The minimum absolute atomic E-state index is 0.00895. The summed E-state index contributed by atoms with van der Waals surface area (Å²) in [5, 5.41) is 2.84. The Morgan fingerprint density at radius 3 is 2.23 bits per heavy atom. The molecule has 0 aromatic heterocycles. The van der Waals surface area contributed by atoms with Crippen molar-refractivity contribution in [2.75, 3.05) is 18.2 Å². The average molecular weight is 315 g/mol. The van der Waals surface area contributed by atoms with Crippen LogP contribution in [0.15, 0.2) is 41.3 Å². The standard InChI is InChI=1S/C18H21NO2S/c1-12-9-13(2)18(14(3)10-12)21-11-17(20)19-15-5-7-16(22-4)8-6-15/h5-10H,11H2,1-4H3,(H,19,20).